The Labute approximate surface area is 118 Å². The molecule has 20 heavy (non-hydrogen) atoms. The van der Waals surface area contributed by atoms with E-state index >= 15 is 0 Å². The number of aliphatic hydroxyl groups excluding tert-OH is 2. The van der Waals surface area contributed by atoms with Crippen LogP contribution >= 0.6 is 0 Å². The molecule has 0 heterocycles. The van der Waals surface area contributed by atoms with Crippen molar-refractivity contribution < 1.29 is 19.0 Å². The number of allylic oxidation sites excluding steroid dienone is 1. The van der Waals surface area contributed by atoms with Crippen LogP contribution in [0.4, 0.5) is 8.78 Å². The Morgan fingerprint density at radius 2 is 1.80 bits per heavy atom. The summed E-state index contributed by atoms with van der Waals surface area (Å²) in [6.45, 7) is 6.38. The Hall–Kier alpha value is -1.52. The summed E-state index contributed by atoms with van der Waals surface area (Å²) in [5.74, 6) is -3.41. The molecule has 1 aromatic carbocycles. The summed E-state index contributed by atoms with van der Waals surface area (Å²) in [5.41, 5.74) is 1.32. The zero-order valence-corrected chi connectivity index (χ0v) is 11.7. The average molecular weight is 282 g/mol. The molecule has 0 unspecified atom stereocenters. The van der Waals surface area contributed by atoms with Gasteiger partial charge in [0.25, 0.3) is 5.92 Å². The predicted molar refractivity (Wildman–Crippen MR) is 76.5 cm³/mol. The molecule has 4 heteroatoms. The van der Waals surface area contributed by atoms with Crippen molar-refractivity contribution in [2.45, 2.75) is 38.4 Å². The third-order valence-electron chi connectivity index (χ3n) is 2.93. The van der Waals surface area contributed by atoms with Gasteiger partial charge in [-0.2, -0.15) is 0 Å². The van der Waals surface area contributed by atoms with Gasteiger partial charge in [-0.05, 0) is 25.0 Å². The van der Waals surface area contributed by atoms with Gasteiger partial charge in [-0.1, -0.05) is 48.6 Å². The van der Waals surface area contributed by atoms with E-state index in [0.717, 1.165) is 5.56 Å². The second-order valence-electron chi connectivity index (χ2n) is 5.08. The van der Waals surface area contributed by atoms with Crippen molar-refractivity contribution in [2.75, 3.05) is 0 Å². The molecule has 0 aliphatic heterocycles. The maximum atomic E-state index is 13.7. The second kappa shape index (κ2) is 6.77. The molecule has 0 aliphatic rings. The molecule has 0 aromatic heterocycles. The average Bonchev–Trinajstić information content (AvgIpc) is 2.36. The van der Waals surface area contributed by atoms with Crippen LogP contribution < -0.4 is 0 Å². The van der Waals surface area contributed by atoms with E-state index in [9.17, 15) is 19.0 Å². The van der Waals surface area contributed by atoms with Crippen LogP contribution in [-0.4, -0.2) is 28.3 Å². The highest BCUT2D eigenvalue weighted by Crippen LogP contribution is 2.30. The number of rotatable bonds is 6. The first kappa shape index (κ1) is 16.5. The van der Waals surface area contributed by atoms with Crippen molar-refractivity contribution in [3.8, 4) is 0 Å². The Balaban J connectivity index is 2.85. The minimum Gasteiger partial charge on any atom is -0.386 e. The van der Waals surface area contributed by atoms with Crippen LogP contribution in [0.1, 0.15) is 25.8 Å². The molecular weight excluding hydrogens is 262 g/mol. The van der Waals surface area contributed by atoms with Crippen LogP contribution in [0.5, 0.6) is 0 Å². The lowest BCUT2D eigenvalue weighted by Crippen LogP contribution is -2.43. The monoisotopic (exact) mass is 282 g/mol. The van der Waals surface area contributed by atoms with Gasteiger partial charge in [0.05, 0.1) is 0 Å². The summed E-state index contributed by atoms with van der Waals surface area (Å²) in [5, 5.41) is 19.5. The largest absolute Gasteiger partial charge is 0.386 e. The Kier molecular flexibility index (Phi) is 5.60. The maximum absolute atomic E-state index is 13.7. The Bertz CT molecular complexity index is 481. The molecule has 0 amide bonds. The van der Waals surface area contributed by atoms with E-state index in [-0.39, 0.29) is 11.1 Å². The van der Waals surface area contributed by atoms with Gasteiger partial charge in [-0.3, -0.25) is 0 Å². The zero-order valence-electron chi connectivity index (χ0n) is 11.7. The van der Waals surface area contributed by atoms with Crippen LogP contribution in [0.2, 0.25) is 0 Å². The number of hydrogen-bond acceptors (Lipinski definition) is 2. The molecule has 1 rings (SSSR count). The Morgan fingerprint density at radius 3 is 2.30 bits per heavy atom. The van der Waals surface area contributed by atoms with E-state index in [1.54, 1.807) is 30.3 Å². The molecule has 1 aromatic rings. The molecule has 2 atom stereocenters. The number of halogens is 2. The molecule has 2 N–H and O–H groups in total. The number of benzene rings is 1. The van der Waals surface area contributed by atoms with Gasteiger partial charge in [-0.25, -0.2) is 8.78 Å². The standard InChI is InChI=1S/C16H20F2O2/c1-11(2)10-16(17,18)15(20)14(19)12(3)9-13-7-5-4-6-8-13/h4-9,14-15,19-20H,1,10H2,2-3H3/b12-9+/t14-,15-/m0/s1. The van der Waals surface area contributed by atoms with Crippen molar-refractivity contribution in [3.63, 3.8) is 0 Å². The van der Waals surface area contributed by atoms with E-state index in [1.807, 2.05) is 6.07 Å². The van der Waals surface area contributed by atoms with Crippen LogP contribution in [0, 0.1) is 0 Å². The predicted octanol–water partition coefficient (Wildman–Crippen LogP) is 3.41. The lowest BCUT2D eigenvalue weighted by Gasteiger charge is -2.27. The summed E-state index contributed by atoms with van der Waals surface area (Å²) in [4.78, 5) is 0. The molecule has 0 radical (unpaired) electrons. The van der Waals surface area contributed by atoms with Crippen molar-refractivity contribution in [1.29, 1.82) is 0 Å². The highest BCUT2D eigenvalue weighted by atomic mass is 19.3. The zero-order chi connectivity index (χ0) is 15.3. The van der Waals surface area contributed by atoms with Crippen LogP contribution in [0.25, 0.3) is 6.08 Å². The number of alkyl halides is 2. The molecule has 2 nitrogen and oxygen atoms in total. The topological polar surface area (TPSA) is 40.5 Å². The van der Waals surface area contributed by atoms with Gasteiger partial charge >= 0.3 is 0 Å². The third kappa shape index (κ3) is 4.54. The SMILES string of the molecule is C=C(C)CC(F)(F)[C@@H](O)[C@@H](O)/C(C)=C/c1ccccc1. The maximum Gasteiger partial charge on any atom is 0.279 e. The summed E-state index contributed by atoms with van der Waals surface area (Å²) in [7, 11) is 0. The highest BCUT2D eigenvalue weighted by molar-refractivity contribution is 5.53. The molecule has 0 spiro atoms. The first-order valence-corrected chi connectivity index (χ1v) is 6.35. The van der Waals surface area contributed by atoms with Gasteiger partial charge in [0.15, 0.2) is 0 Å². The molecule has 0 bridgehead atoms. The van der Waals surface area contributed by atoms with Gasteiger partial charge in [0.2, 0.25) is 0 Å². The normalized spacial score (nSPS) is 15.8. The fourth-order valence-corrected chi connectivity index (χ4v) is 1.88. The lowest BCUT2D eigenvalue weighted by molar-refractivity contribution is -0.142. The van der Waals surface area contributed by atoms with Crippen molar-refractivity contribution in [1.82, 2.24) is 0 Å². The first-order chi connectivity index (χ1) is 9.24. The highest BCUT2D eigenvalue weighted by Gasteiger charge is 2.42. The Morgan fingerprint density at radius 1 is 1.25 bits per heavy atom. The summed E-state index contributed by atoms with van der Waals surface area (Å²) in [6.07, 6.45) is -2.85. The lowest BCUT2D eigenvalue weighted by atomic mass is 9.95. The fraction of sp³-hybridized carbons (Fsp3) is 0.375. The molecule has 0 saturated heterocycles. The van der Waals surface area contributed by atoms with Crippen molar-refractivity contribution in [3.05, 3.63) is 53.6 Å². The molecule has 0 saturated carbocycles. The number of hydrogen-bond donors (Lipinski definition) is 2. The van der Waals surface area contributed by atoms with Crippen LogP contribution in [0.3, 0.4) is 0 Å². The van der Waals surface area contributed by atoms with Crippen LogP contribution in [-0.2, 0) is 0 Å². The first-order valence-electron chi connectivity index (χ1n) is 6.35. The smallest absolute Gasteiger partial charge is 0.279 e. The van der Waals surface area contributed by atoms with E-state index in [0.29, 0.717) is 0 Å². The van der Waals surface area contributed by atoms with Crippen molar-refractivity contribution >= 4 is 6.08 Å². The summed E-state index contributed by atoms with van der Waals surface area (Å²) >= 11 is 0. The van der Waals surface area contributed by atoms with E-state index in [1.165, 1.54) is 13.8 Å². The van der Waals surface area contributed by atoms with E-state index in [2.05, 4.69) is 6.58 Å². The van der Waals surface area contributed by atoms with E-state index < -0.39 is 24.6 Å². The molecular formula is C16H20F2O2. The second-order valence-corrected chi connectivity index (χ2v) is 5.08. The van der Waals surface area contributed by atoms with Crippen LogP contribution in [0.15, 0.2) is 48.1 Å². The van der Waals surface area contributed by atoms with Gasteiger partial charge in [0.1, 0.15) is 12.2 Å². The number of aliphatic hydroxyl groups is 2. The van der Waals surface area contributed by atoms with Gasteiger partial charge < -0.3 is 10.2 Å². The minimum atomic E-state index is -3.41. The quantitative estimate of drug-likeness (QED) is 0.785. The van der Waals surface area contributed by atoms with E-state index in [4.69, 9.17) is 0 Å². The van der Waals surface area contributed by atoms with Gasteiger partial charge in [-0.15, -0.1) is 0 Å². The summed E-state index contributed by atoms with van der Waals surface area (Å²) in [6, 6.07) is 9.01. The molecule has 0 fully saturated rings. The molecule has 0 aliphatic carbocycles. The molecule has 110 valence electrons. The minimum absolute atomic E-state index is 0.256. The van der Waals surface area contributed by atoms with Gasteiger partial charge in [0, 0.05) is 6.42 Å². The van der Waals surface area contributed by atoms with Crippen molar-refractivity contribution in [2.24, 2.45) is 0 Å². The fourth-order valence-electron chi connectivity index (χ4n) is 1.88. The summed E-state index contributed by atoms with van der Waals surface area (Å²) < 4.78 is 27.4. The third-order valence-corrected chi connectivity index (χ3v) is 2.93.